The fraction of sp³-hybridized carbons (Fsp3) is 0.583. The average molecular weight is 287 g/mol. The highest BCUT2D eigenvalue weighted by molar-refractivity contribution is 9.09. The highest BCUT2D eigenvalue weighted by Crippen LogP contribution is 2.29. The van der Waals surface area contributed by atoms with E-state index < -0.39 is 0 Å². The maximum atomic E-state index is 13.7. The fourth-order valence-corrected chi connectivity index (χ4v) is 2.23. The van der Waals surface area contributed by atoms with E-state index in [0.29, 0.717) is 11.9 Å². The van der Waals surface area contributed by atoms with Crippen LogP contribution in [-0.2, 0) is 0 Å². The van der Waals surface area contributed by atoms with Gasteiger partial charge in [-0.2, -0.15) is 0 Å². The number of pyridine rings is 1. The third-order valence-corrected chi connectivity index (χ3v) is 3.62. The van der Waals surface area contributed by atoms with Gasteiger partial charge in [-0.05, 0) is 37.8 Å². The van der Waals surface area contributed by atoms with Crippen molar-refractivity contribution in [1.29, 1.82) is 0 Å². The summed E-state index contributed by atoms with van der Waals surface area (Å²) in [5.41, 5.74) is 0. The molecule has 2 nitrogen and oxygen atoms in total. The Bertz CT molecular complexity index is 342. The van der Waals surface area contributed by atoms with Crippen molar-refractivity contribution in [2.45, 2.75) is 31.7 Å². The van der Waals surface area contributed by atoms with Crippen molar-refractivity contribution in [3.63, 3.8) is 0 Å². The summed E-state index contributed by atoms with van der Waals surface area (Å²) in [5.74, 6) is 0.317. The average Bonchev–Trinajstić information content (AvgIpc) is 2.22. The van der Waals surface area contributed by atoms with E-state index in [1.165, 1.54) is 12.5 Å². The van der Waals surface area contributed by atoms with Gasteiger partial charge in [-0.25, -0.2) is 9.37 Å². The molecule has 0 aromatic carbocycles. The Morgan fingerprint density at radius 1 is 1.50 bits per heavy atom. The zero-order valence-corrected chi connectivity index (χ0v) is 10.8. The van der Waals surface area contributed by atoms with Crippen LogP contribution >= 0.6 is 15.9 Å². The summed E-state index contributed by atoms with van der Waals surface area (Å²) in [7, 11) is 0. The summed E-state index contributed by atoms with van der Waals surface area (Å²) in [6, 6.07) is 3.62. The van der Waals surface area contributed by atoms with Crippen molar-refractivity contribution in [2.75, 3.05) is 16.8 Å². The van der Waals surface area contributed by atoms with E-state index in [1.54, 1.807) is 12.3 Å². The zero-order valence-electron chi connectivity index (χ0n) is 9.20. The van der Waals surface area contributed by atoms with Crippen molar-refractivity contribution in [3.05, 3.63) is 24.1 Å². The molecule has 0 aliphatic heterocycles. The van der Waals surface area contributed by atoms with Crippen LogP contribution in [0.25, 0.3) is 0 Å². The van der Waals surface area contributed by atoms with Crippen LogP contribution < -0.4 is 4.90 Å². The number of halogens is 2. The molecule has 88 valence electrons. The molecule has 1 aliphatic carbocycles. The molecule has 0 atom stereocenters. The molecule has 16 heavy (non-hydrogen) atoms. The molecule has 0 radical (unpaired) electrons. The molecule has 0 N–H and O–H groups in total. The second-order valence-electron chi connectivity index (χ2n) is 4.13. The number of hydrogen-bond donors (Lipinski definition) is 0. The monoisotopic (exact) mass is 286 g/mol. The Balaban J connectivity index is 2.13. The normalized spacial score (nSPS) is 15.9. The summed E-state index contributed by atoms with van der Waals surface area (Å²) in [6.45, 7) is 0.879. The first-order valence-electron chi connectivity index (χ1n) is 5.76. The van der Waals surface area contributed by atoms with Crippen LogP contribution in [0.15, 0.2) is 18.3 Å². The molecular formula is C12H16BrFN2. The van der Waals surface area contributed by atoms with Crippen LogP contribution in [0, 0.1) is 5.82 Å². The minimum absolute atomic E-state index is 0.205. The van der Waals surface area contributed by atoms with Crippen LogP contribution in [-0.4, -0.2) is 22.9 Å². The van der Waals surface area contributed by atoms with Gasteiger partial charge < -0.3 is 4.90 Å². The first kappa shape index (κ1) is 11.8. The Hall–Kier alpha value is -0.640. The molecule has 1 aromatic heterocycles. The first-order valence-corrected chi connectivity index (χ1v) is 6.88. The van der Waals surface area contributed by atoms with E-state index in [4.69, 9.17) is 0 Å². The van der Waals surface area contributed by atoms with Gasteiger partial charge in [0.1, 0.15) is 0 Å². The highest BCUT2D eigenvalue weighted by Gasteiger charge is 2.27. The topological polar surface area (TPSA) is 16.1 Å². The number of nitrogens with zero attached hydrogens (tertiary/aromatic N) is 2. The lowest BCUT2D eigenvalue weighted by molar-refractivity contribution is 0.380. The Labute approximate surface area is 104 Å². The van der Waals surface area contributed by atoms with Crippen molar-refractivity contribution >= 4 is 21.7 Å². The van der Waals surface area contributed by atoms with Gasteiger partial charge in [-0.15, -0.1) is 0 Å². The summed E-state index contributed by atoms with van der Waals surface area (Å²) in [4.78, 5) is 6.30. The lowest BCUT2D eigenvalue weighted by Crippen LogP contribution is -2.42. The van der Waals surface area contributed by atoms with E-state index in [1.807, 2.05) is 0 Å². The van der Waals surface area contributed by atoms with E-state index >= 15 is 0 Å². The van der Waals surface area contributed by atoms with Crippen molar-refractivity contribution in [1.82, 2.24) is 4.98 Å². The minimum atomic E-state index is -0.205. The SMILES string of the molecule is Fc1cccnc1N(CCCBr)C1CCC1. The van der Waals surface area contributed by atoms with Gasteiger partial charge >= 0.3 is 0 Å². The smallest absolute Gasteiger partial charge is 0.165 e. The van der Waals surface area contributed by atoms with Gasteiger partial charge in [-0.3, -0.25) is 0 Å². The van der Waals surface area contributed by atoms with E-state index in [0.717, 1.165) is 31.1 Å². The van der Waals surface area contributed by atoms with Gasteiger partial charge in [0.15, 0.2) is 11.6 Å². The molecule has 0 bridgehead atoms. The molecular weight excluding hydrogens is 271 g/mol. The lowest BCUT2D eigenvalue weighted by Gasteiger charge is -2.38. The number of rotatable bonds is 5. The quantitative estimate of drug-likeness (QED) is 0.772. The maximum Gasteiger partial charge on any atom is 0.165 e. The van der Waals surface area contributed by atoms with Gasteiger partial charge in [-0.1, -0.05) is 15.9 Å². The lowest BCUT2D eigenvalue weighted by atomic mass is 9.91. The minimum Gasteiger partial charge on any atom is -0.351 e. The molecule has 1 fully saturated rings. The Kier molecular flexibility index (Phi) is 4.16. The maximum absolute atomic E-state index is 13.7. The largest absolute Gasteiger partial charge is 0.351 e. The van der Waals surface area contributed by atoms with Crippen LogP contribution in [0.3, 0.4) is 0 Å². The molecule has 0 spiro atoms. The molecule has 1 saturated carbocycles. The molecule has 0 saturated heterocycles. The molecule has 0 amide bonds. The number of alkyl halides is 1. The van der Waals surface area contributed by atoms with Crippen molar-refractivity contribution in [2.24, 2.45) is 0 Å². The Morgan fingerprint density at radius 3 is 2.88 bits per heavy atom. The van der Waals surface area contributed by atoms with Crippen LogP contribution in [0.5, 0.6) is 0 Å². The molecule has 4 heteroatoms. The van der Waals surface area contributed by atoms with Crippen LogP contribution in [0.1, 0.15) is 25.7 Å². The molecule has 0 unspecified atom stereocenters. The summed E-state index contributed by atoms with van der Waals surface area (Å²) < 4.78 is 13.7. The predicted molar refractivity (Wildman–Crippen MR) is 67.6 cm³/mol. The van der Waals surface area contributed by atoms with Crippen molar-refractivity contribution < 1.29 is 4.39 Å². The number of aromatic nitrogens is 1. The number of hydrogen-bond acceptors (Lipinski definition) is 2. The van der Waals surface area contributed by atoms with Crippen LogP contribution in [0.4, 0.5) is 10.2 Å². The molecule has 1 heterocycles. The second-order valence-corrected chi connectivity index (χ2v) is 4.92. The molecule has 1 aromatic rings. The van der Waals surface area contributed by atoms with Gasteiger partial charge in [0.2, 0.25) is 0 Å². The van der Waals surface area contributed by atoms with Gasteiger partial charge in [0.25, 0.3) is 0 Å². The van der Waals surface area contributed by atoms with E-state index in [-0.39, 0.29) is 5.82 Å². The van der Waals surface area contributed by atoms with Crippen LogP contribution in [0.2, 0.25) is 0 Å². The summed E-state index contributed by atoms with van der Waals surface area (Å²) >= 11 is 3.42. The highest BCUT2D eigenvalue weighted by atomic mass is 79.9. The predicted octanol–water partition coefficient (Wildman–Crippen LogP) is 3.36. The Morgan fingerprint density at radius 2 is 2.31 bits per heavy atom. The first-order chi connectivity index (χ1) is 7.83. The van der Waals surface area contributed by atoms with E-state index in [2.05, 4.69) is 25.8 Å². The third-order valence-electron chi connectivity index (χ3n) is 3.06. The summed E-state index contributed by atoms with van der Waals surface area (Å²) in [5, 5.41) is 0.949. The van der Waals surface area contributed by atoms with Crippen molar-refractivity contribution in [3.8, 4) is 0 Å². The fourth-order valence-electron chi connectivity index (χ4n) is 1.98. The van der Waals surface area contributed by atoms with Gasteiger partial charge in [0, 0.05) is 24.1 Å². The number of anilines is 1. The second kappa shape index (κ2) is 5.62. The molecule has 2 rings (SSSR count). The summed E-state index contributed by atoms with van der Waals surface area (Å²) in [6.07, 6.45) is 6.27. The third kappa shape index (κ3) is 2.54. The molecule has 1 aliphatic rings. The van der Waals surface area contributed by atoms with Gasteiger partial charge in [0.05, 0.1) is 0 Å². The standard InChI is InChI=1S/C12H16BrFN2/c13-7-3-9-16(10-4-1-5-10)12-11(14)6-2-8-15-12/h2,6,8,10H,1,3-5,7,9H2. The van der Waals surface area contributed by atoms with E-state index in [9.17, 15) is 4.39 Å². The zero-order chi connectivity index (χ0) is 11.4.